The number of aliphatic imine (C=N–C) groups is 1. The molecule has 0 spiro atoms. The molecule has 2 rings (SSSR count). The van der Waals surface area contributed by atoms with E-state index >= 15 is 0 Å². The van der Waals surface area contributed by atoms with Gasteiger partial charge in [-0.05, 0) is 12.8 Å². The summed E-state index contributed by atoms with van der Waals surface area (Å²) in [6, 6.07) is 0. The lowest BCUT2D eigenvalue weighted by molar-refractivity contribution is 0.522. The number of fused-ring (bicyclic) bond motifs is 1. The lowest BCUT2D eigenvalue weighted by atomic mass is 10.2. The minimum Gasteiger partial charge on any atom is -0.335 e. The second-order valence-corrected chi connectivity index (χ2v) is 3.21. The lowest BCUT2D eigenvalue weighted by Gasteiger charge is -2.11. The average Bonchev–Trinajstić information content (AvgIpc) is 2.57. The van der Waals surface area contributed by atoms with Crippen LogP contribution >= 0.6 is 0 Å². The fourth-order valence-corrected chi connectivity index (χ4v) is 1.66. The van der Waals surface area contributed by atoms with Crippen molar-refractivity contribution in [3.63, 3.8) is 0 Å². The van der Waals surface area contributed by atoms with Crippen LogP contribution in [-0.4, -0.2) is 15.6 Å². The number of hydrogen-bond acceptors (Lipinski definition) is 3. The highest BCUT2D eigenvalue weighted by Gasteiger charge is 2.11. The molecule has 68 valence electrons. The van der Waals surface area contributed by atoms with Gasteiger partial charge >= 0.3 is 0 Å². The predicted molar refractivity (Wildman–Crippen MR) is 47.0 cm³/mol. The fourth-order valence-electron chi connectivity index (χ4n) is 1.66. The largest absolute Gasteiger partial charge is 0.335 e. The Morgan fingerprint density at radius 3 is 3.31 bits per heavy atom. The lowest BCUT2D eigenvalue weighted by Crippen LogP contribution is -2.08. The van der Waals surface area contributed by atoms with E-state index in [1.54, 1.807) is 0 Å². The summed E-state index contributed by atoms with van der Waals surface area (Å²) >= 11 is 0. The maximum atomic E-state index is 9.90. The van der Waals surface area contributed by atoms with Gasteiger partial charge in [-0.25, -0.2) is 9.78 Å². The van der Waals surface area contributed by atoms with Crippen LogP contribution in [0.5, 0.6) is 0 Å². The number of rotatable bonds is 2. The van der Waals surface area contributed by atoms with Crippen molar-refractivity contribution in [3.05, 3.63) is 17.7 Å². The monoisotopic (exact) mass is 177 g/mol. The van der Waals surface area contributed by atoms with Gasteiger partial charge in [-0.1, -0.05) is 0 Å². The number of imidazole rings is 1. The molecule has 0 saturated carbocycles. The topological polar surface area (TPSA) is 47.2 Å². The molecule has 0 amide bonds. The summed E-state index contributed by atoms with van der Waals surface area (Å²) in [5, 5.41) is 0. The van der Waals surface area contributed by atoms with E-state index in [0.29, 0.717) is 6.54 Å². The van der Waals surface area contributed by atoms with Crippen LogP contribution < -0.4 is 0 Å². The number of aromatic nitrogens is 2. The van der Waals surface area contributed by atoms with Crippen LogP contribution in [0.15, 0.2) is 11.2 Å². The third-order valence-corrected chi connectivity index (χ3v) is 2.26. The Balaban J connectivity index is 2.19. The van der Waals surface area contributed by atoms with Gasteiger partial charge in [-0.2, -0.15) is 4.99 Å². The Morgan fingerprint density at radius 2 is 2.54 bits per heavy atom. The van der Waals surface area contributed by atoms with Gasteiger partial charge in [0.1, 0.15) is 5.82 Å². The molecule has 0 aliphatic carbocycles. The van der Waals surface area contributed by atoms with Crippen LogP contribution in [0.3, 0.4) is 0 Å². The second kappa shape index (κ2) is 3.54. The predicted octanol–water partition coefficient (Wildman–Crippen LogP) is 1.06. The molecular formula is C9H11N3O. The van der Waals surface area contributed by atoms with E-state index in [1.165, 1.54) is 18.9 Å². The minimum atomic E-state index is 0.365. The van der Waals surface area contributed by atoms with Gasteiger partial charge < -0.3 is 4.57 Å². The average molecular weight is 177 g/mol. The van der Waals surface area contributed by atoms with Crippen LogP contribution in [0.4, 0.5) is 0 Å². The SMILES string of the molecule is O=C=NCc1cn2c(n1)CCCC2. The Kier molecular flexibility index (Phi) is 2.23. The minimum absolute atomic E-state index is 0.365. The molecule has 0 radical (unpaired) electrons. The molecule has 1 aliphatic heterocycles. The van der Waals surface area contributed by atoms with Crippen LogP contribution in [-0.2, 0) is 24.3 Å². The molecule has 13 heavy (non-hydrogen) atoms. The second-order valence-electron chi connectivity index (χ2n) is 3.21. The summed E-state index contributed by atoms with van der Waals surface area (Å²) in [7, 11) is 0. The fraction of sp³-hybridized carbons (Fsp3) is 0.556. The number of carbonyl (C=O) groups excluding carboxylic acids is 1. The van der Waals surface area contributed by atoms with Gasteiger partial charge in [0.15, 0.2) is 0 Å². The maximum Gasteiger partial charge on any atom is 0.235 e. The third-order valence-electron chi connectivity index (χ3n) is 2.26. The smallest absolute Gasteiger partial charge is 0.235 e. The Labute approximate surface area is 76.3 Å². The highest BCUT2D eigenvalue weighted by Crippen LogP contribution is 2.14. The zero-order valence-electron chi connectivity index (χ0n) is 7.36. The molecule has 0 aromatic carbocycles. The molecular weight excluding hydrogens is 166 g/mol. The zero-order chi connectivity index (χ0) is 9.10. The summed E-state index contributed by atoms with van der Waals surface area (Å²) in [5.74, 6) is 1.13. The molecule has 2 heterocycles. The van der Waals surface area contributed by atoms with Crippen molar-refractivity contribution < 1.29 is 4.79 Å². The molecule has 1 aromatic rings. The number of hydrogen-bond donors (Lipinski definition) is 0. The molecule has 4 nitrogen and oxygen atoms in total. The van der Waals surface area contributed by atoms with Crippen molar-refractivity contribution in [2.75, 3.05) is 0 Å². The first-order chi connectivity index (χ1) is 6.40. The molecule has 1 aromatic heterocycles. The van der Waals surface area contributed by atoms with Crippen molar-refractivity contribution >= 4 is 6.08 Å². The normalized spacial score (nSPS) is 14.8. The van der Waals surface area contributed by atoms with E-state index < -0.39 is 0 Å². The quantitative estimate of drug-likeness (QED) is 0.501. The van der Waals surface area contributed by atoms with E-state index in [2.05, 4.69) is 14.5 Å². The van der Waals surface area contributed by atoms with E-state index in [1.807, 2.05) is 6.20 Å². The third kappa shape index (κ3) is 1.68. The zero-order valence-corrected chi connectivity index (χ0v) is 7.36. The van der Waals surface area contributed by atoms with Crippen LogP contribution in [0.25, 0.3) is 0 Å². The summed E-state index contributed by atoms with van der Waals surface area (Å²) in [6.45, 7) is 1.41. The number of nitrogens with zero attached hydrogens (tertiary/aromatic N) is 3. The first-order valence-corrected chi connectivity index (χ1v) is 4.48. The Hall–Kier alpha value is -1.41. The molecule has 0 unspecified atom stereocenters. The van der Waals surface area contributed by atoms with Crippen LogP contribution in [0.2, 0.25) is 0 Å². The first-order valence-electron chi connectivity index (χ1n) is 4.48. The Bertz CT molecular complexity index is 326. The van der Waals surface area contributed by atoms with Crippen LogP contribution in [0.1, 0.15) is 24.4 Å². The first kappa shape index (κ1) is 8.20. The van der Waals surface area contributed by atoms with Gasteiger partial charge in [0.05, 0.1) is 12.2 Å². The van der Waals surface area contributed by atoms with E-state index in [9.17, 15) is 4.79 Å². The van der Waals surface area contributed by atoms with Gasteiger partial charge in [0.2, 0.25) is 6.08 Å². The van der Waals surface area contributed by atoms with Crippen molar-refractivity contribution in [1.82, 2.24) is 9.55 Å². The van der Waals surface area contributed by atoms with E-state index in [0.717, 1.165) is 24.5 Å². The van der Waals surface area contributed by atoms with Crippen molar-refractivity contribution in [2.45, 2.75) is 32.4 Å². The highest BCUT2D eigenvalue weighted by molar-refractivity contribution is 5.33. The van der Waals surface area contributed by atoms with E-state index in [-0.39, 0.29) is 0 Å². The van der Waals surface area contributed by atoms with Crippen molar-refractivity contribution in [3.8, 4) is 0 Å². The molecule has 0 saturated heterocycles. The summed E-state index contributed by atoms with van der Waals surface area (Å²) in [4.78, 5) is 17.8. The molecule has 1 aliphatic rings. The van der Waals surface area contributed by atoms with Crippen LogP contribution in [0, 0.1) is 0 Å². The molecule has 0 bridgehead atoms. The molecule has 4 heteroatoms. The molecule has 0 fully saturated rings. The standard InChI is InChI=1S/C9H11N3O/c13-7-10-5-8-6-12-4-2-1-3-9(12)11-8/h6H,1-5H2. The maximum absolute atomic E-state index is 9.90. The van der Waals surface area contributed by atoms with E-state index in [4.69, 9.17) is 0 Å². The van der Waals surface area contributed by atoms with Crippen molar-refractivity contribution in [1.29, 1.82) is 0 Å². The summed E-state index contributed by atoms with van der Waals surface area (Å²) < 4.78 is 2.15. The van der Waals surface area contributed by atoms with Crippen molar-refractivity contribution in [2.24, 2.45) is 4.99 Å². The van der Waals surface area contributed by atoms with Gasteiger partial charge in [-0.15, -0.1) is 0 Å². The number of aryl methyl sites for hydroxylation is 2. The Morgan fingerprint density at radius 1 is 1.62 bits per heavy atom. The van der Waals surface area contributed by atoms with Gasteiger partial charge in [-0.3, -0.25) is 0 Å². The highest BCUT2D eigenvalue weighted by atomic mass is 16.1. The van der Waals surface area contributed by atoms with Gasteiger partial charge in [0, 0.05) is 19.2 Å². The summed E-state index contributed by atoms with van der Waals surface area (Å²) in [6.07, 6.45) is 6.99. The number of isocyanates is 1. The summed E-state index contributed by atoms with van der Waals surface area (Å²) in [5.41, 5.74) is 0.875. The molecule has 0 atom stereocenters. The van der Waals surface area contributed by atoms with Gasteiger partial charge in [0.25, 0.3) is 0 Å². The molecule has 0 N–H and O–H groups in total.